The van der Waals surface area contributed by atoms with E-state index in [2.05, 4.69) is 22.4 Å². The molecule has 0 N–H and O–H groups in total. The summed E-state index contributed by atoms with van der Waals surface area (Å²) in [7, 11) is 0. The highest BCUT2D eigenvalue weighted by atomic mass is 35.5. The molecule has 0 spiro atoms. The summed E-state index contributed by atoms with van der Waals surface area (Å²) in [4.78, 5) is 11.9. The van der Waals surface area contributed by atoms with Crippen LogP contribution in [0, 0.1) is 32.8 Å². The SMILES string of the molecule is CC(C#N)N(c1ccc(N=Nc2ccc([N+](=O)[O-])cc2Cl)cc1)C(C)C#N. The zero-order valence-electron chi connectivity index (χ0n) is 14.6. The quantitative estimate of drug-likeness (QED) is 0.381. The molecule has 0 saturated carbocycles. The van der Waals surface area contributed by atoms with Crippen LogP contribution >= 0.6 is 11.6 Å². The topological polar surface area (TPSA) is 119 Å². The molecule has 0 bridgehead atoms. The Balaban J connectivity index is 2.23. The molecule has 27 heavy (non-hydrogen) atoms. The maximum atomic E-state index is 10.7. The van der Waals surface area contributed by atoms with E-state index in [1.54, 1.807) is 43.0 Å². The number of nitriles is 2. The van der Waals surface area contributed by atoms with Gasteiger partial charge in [-0.05, 0) is 44.2 Å². The van der Waals surface area contributed by atoms with Gasteiger partial charge in [0.25, 0.3) is 5.69 Å². The third-order valence-corrected chi connectivity index (χ3v) is 4.07. The highest BCUT2D eigenvalue weighted by Gasteiger charge is 2.20. The number of hydrogen-bond acceptors (Lipinski definition) is 7. The van der Waals surface area contributed by atoms with Crippen molar-refractivity contribution >= 4 is 34.4 Å². The Hall–Kier alpha value is -3.49. The van der Waals surface area contributed by atoms with E-state index >= 15 is 0 Å². The van der Waals surface area contributed by atoms with Crippen LogP contribution in [-0.2, 0) is 0 Å². The first-order valence-electron chi connectivity index (χ1n) is 7.90. The second kappa shape index (κ2) is 8.75. The lowest BCUT2D eigenvalue weighted by Crippen LogP contribution is -2.38. The van der Waals surface area contributed by atoms with Crippen molar-refractivity contribution in [3.8, 4) is 12.1 Å². The van der Waals surface area contributed by atoms with Crippen LogP contribution < -0.4 is 4.90 Å². The van der Waals surface area contributed by atoms with E-state index in [0.29, 0.717) is 17.1 Å². The summed E-state index contributed by atoms with van der Waals surface area (Å²) in [6, 6.07) is 14.1. The van der Waals surface area contributed by atoms with Crippen molar-refractivity contribution in [3.05, 3.63) is 57.6 Å². The van der Waals surface area contributed by atoms with Gasteiger partial charge in [0.2, 0.25) is 0 Å². The van der Waals surface area contributed by atoms with Gasteiger partial charge in [0.15, 0.2) is 0 Å². The third-order valence-electron chi connectivity index (χ3n) is 3.77. The van der Waals surface area contributed by atoms with Gasteiger partial charge < -0.3 is 4.90 Å². The molecule has 2 aromatic carbocycles. The fourth-order valence-electron chi connectivity index (χ4n) is 2.40. The normalized spacial score (nSPS) is 12.8. The molecule has 0 aliphatic rings. The maximum absolute atomic E-state index is 10.7. The number of halogens is 1. The maximum Gasteiger partial charge on any atom is 0.271 e. The summed E-state index contributed by atoms with van der Waals surface area (Å²) in [6.07, 6.45) is 0. The first-order chi connectivity index (χ1) is 12.9. The van der Waals surface area contributed by atoms with E-state index in [1.807, 2.05) is 0 Å². The van der Waals surface area contributed by atoms with E-state index in [0.717, 1.165) is 0 Å². The minimum Gasteiger partial charge on any atom is -0.340 e. The van der Waals surface area contributed by atoms with Crippen molar-refractivity contribution < 1.29 is 4.92 Å². The fraction of sp³-hybridized carbons (Fsp3) is 0.222. The molecule has 9 heteroatoms. The van der Waals surface area contributed by atoms with Crippen LogP contribution in [0.2, 0.25) is 5.02 Å². The van der Waals surface area contributed by atoms with Gasteiger partial charge in [-0.25, -0.2) is 0 Å². The summed E-state index contributed by atoms with van der Waals surface area (Å²) in [5, 5.41) is 37.2. The number of hydrogen-bond donors (Lipinski definition) is 0. The fourth-order valence-corrected chi connectivity index (χ4v) is 2.61. The smallest absolute Gasteiger partial charge is 0.271 e. The standard InChI is InChI=1S/C18H15ClN6O2/c1-12(10-20)24(13(2)11-21)15-5-3-14(4-6-15)22-23-18-8-7-16(25(26)27)9-17(18)19/h3-9,12-13H,1-2H3. The predicted octanol–water partition coefficient (Wildman–Crippen LogP) is 5.29. The minimum atomic E-state index is -0.540. The first kappa shape index (κ1) is 19.8. The van der Waals surface area contributed by atoms with Crippen LogP contribution in [0.15, 0.2) is 52.7 Å². The molecule has 0 aliphatic carbocycles. The number of anilines is 1. The molecule has 2 unspecified atom stereocenters. The lowest BCUT2D eigenvalue weighted by atomic mass is 10.1. The number of nitro groups is 1. The Morgan fingerprint density at radius 1 is 1.07 bits per heavy atom. The summed E-state index contributed by atoms with van der Waals surface area (Å²) in [5.41, 5.74) is 1.43. The van der Waals surface area contributed by atoms with Crippen LogP contribution in [0.1, 0.15) is 13.8 Å². The minimum absolute atomic E-state index is 0.124. The monoisotopic (exact) mass is 382 g/mol. The average Bonchev–Trinajstić information content (AvgIpc) is 2.67. The molecule has 2 aromatic rings. The zero-order valence-corrected chi connectivity index (χ0v) is 15.3. The molecule has 2 atom stereocenters. The largest absolute Gasteiger partial charge is 0.340 e. The van der Waals surface area contributed by atoms with Gasteiger partial charge in [-0.3, -0.25) is 10.1 Å². The van der Waals surface area contributed by atoms with Crippen molar-refractivity contribution in [1.82, 2.24) is 0 Å². The Morgan fingerprint density at radius 3 is 2.15 bits per heavy atom. The average molecular weight is 383 g/mol. The van der Waals surface area contributed by atoms with Gasteiger partial charge in [-0.1, -0.05) is 11.6 Å². The lowest BCUT2D eigenvalue weighted by Gasteiger charge is -2.29. The van der Waals surface area contributed by atoms with E-state index in [1.165, 1.54) is 18.2 Å². The Bertz CT molecular complexity index is 926. The number of benzene rings is 2. The van der Waals surface area contributed by atoms with Gasteiger partial charge >= 0.3 is 0 Å². The molecule has 0 amide bonds. The third kappa shape index (κ3) is 4.78. The molecule has 136 valence electrons. The molecule has 0 radical (unpaired) electrons. The van der Waals surface area contributed by atoms with Gasteiger partial charge in [0.05, 0.1) is 27.8 Å². The zero-order chi connectivity index (χ0) is 20.0. The van der Waals surface area contributed by atoms with E-state index in [-0.39, 0.29) is 10.7 Å². The van der Waals surface area contributed by atoms with Gasteiger partial charge in [0, 0.05) is 17.8 Å². The van der Waals surface area contributed by atoms with Crippen molar-refractivity contribution in [2.24, 2.45) is 10.2 Å². The van der Waals surface area contributed by atoms with Crippen LogP contribution in [0.4, 0.5) is 22.7 Å². The highest BCUT2D eigenvalue weighted by Crippen LogP contribution is 2.31. The number of nitrogens with zero attached hydrogens (tertiary/aromatic N) is 6. The second-order valence-corrected chi connectivity index (χ2v) is 6.03. The molecular weight excluding hydrogens is 368 g/mol. The Labute approximate surface area is 161 Å². The number of non-ortho nitro benzene ring substituents is 1. The molecule has 0 saturated heterocycles. The lowest BCUT2D eigenvalue weighted by molar-refractivity contribution is -0.384. The summed E-state index contributed by atoms with van der Waals surface area (Å²) < 4.78 is 0. The van der Waals surface area contributed by atoms with Gasteiger partial charge in [-0.15, -0.1) is 5.11 Å². The van der Waals surface area contributed by atoms with E-state index < -0.39 is 17.0 Å². The van der Waals surface area contributed by atoms with Crippen LogP contribution in [0.5, 0.6) is 0 Å². The molecule has 0 fully saturated rings. The highest BCUT2D eigenvalue weighted by molar-refractivity contribution is 6.33. The number of azo groups is 1. The molecule has 0 aromatic heterocycles. The molecule has 0 aliphatic heterocycles. The summed E-state index contributed by atoms with van der Waals surface area (Å²) >= 11 is 5.98. The van der Waals surface area contributed by atoms with Crippen molar-refractivity contribution in [3.63, 3.8) is 0 Å². The molecular formula is C18H15ClN6O2. The van der Waals surface area contributed by atoms with Crippen LogP contribution in [0.25, 0.3) is 0 Å². The molecule has 0 heterocycles. The molecule has 8 nitrogen and oxygen atoms in total. The van der Waals surface area contributed by atoms with Crippen LogP contribution in [0.3, 0.4) is 0 Å². The Morgan fingerprint density at radius 2 is 1.67 bits per heavy atom. The van der Waals surface area contributed by atoms with Gasteiger partial charge in [-0.2, -0.15) is 15.6 Å². The van der Waals surface area contributed by atoms with E-state index in [4.69, 9.17) is 22.1 Å². The van der Waals surface area contributed by atoms with Crippen molar-refractivity contribution in [2.75, 3.05) is 4.90 Å². The van der Waals surface area contributed by atoms with Crippen molar-refractivity contribution in [2.45, 2.75) is 25.9 Å². The Kier molecular flexibility index (Phi) is 6.42. The summed E-state index contributed by atoms with van der Waals surface area (Å²) in [6.45, 7) is 3.44. The predicted molar refractivity (Wildman–Crippen MR) is 101 cm³/mol. The van der Waals surface area contributed by atoms with Crippen molar-refractivity contribution in [1.29, 1.82) is 10.5 Å². The second-order valence-electron chi connectivity index (χ2n) is 5.63. The van der Waals surface area contributed by atoms with E-state index in [9.17, 15) is 10.1 Å². The number of rotatable bonds is 6. The molecule has 2 rings (SSSR count). The summed E-state index contributed by atoms with van der Waals surface area (Å²) in [5.74, 6) is 0. The first-order valence-corrected chi connectivity index (χ1v) is 8.28. The number of nitro benzene ring substituents is 1. The van der Waals surface area contributed by atoms with Crippen LogP contribution in [-0.4, -0.2) is 17.0 Å². The van der Waals surface area contributed by atoms with Gasteiger partial charge in [0.1, 0.15) is 17.8 Å².